The van der Waals surface area contributed by atoms with Crippen LogP contribution in [-0.2, 0) is 4.79 Å². The van der Waals surface area contributed by atoms with Crippen molar-refractivity contribution < 1.29 is 12.8 Å². The summed E-state index contributed by atoms with van der Waals surface area (Å²) in [7, 11) is 0. The Bertz CT molecular complexity index is 223. The third kappa shape index (κ3) is 25.9. The van der Waals surface area contributed by atoms with Gasteiger partial charge in [-0.05, 0) is 17.4 Å². The molecule has 0 spiro atoms. The van der Waals surface area contributed by atoms with E-state index in [4.69, 9.17) is 5.11 Å². The van der Waals surface area contributed by atoms with Crippen LogP contribution >= 0.6 is 0 Å². The molecule has 0 aromatic rings. The molecule has 0 aliphatic rings. The average molecular weight is 359 g/mol. The number of aliphatic carboxylic acids is 1. The number of carboxylic acids is 1. The number of hydrogen-bond acceptors (Lipinski definition) is 1. The van der Waals surface area contributed by atoms with Gasteiger partial charge in [0.05, 0.1) is 0 Å². The van der Waals surface area contributed by atoms with E-state index in [-0.39, 0.29) is 51.6 Å². The van der Waals surface area contributed by atoms with Gasteiger partial charge in [0.2, 0.25) is 0 Å². The van der Waals surface area contributed by atoms with Gasteiger partial charge in [-0.25, -0.2) is 0 Å². The Kier molecular flexibility index (Phi) is 30.6. The van der Waals surface area contributed by atoms with E-state index in [2.05, 4.69) is 6.92 Å². The van der Waals surface area contributed by atoms with E-state index < -0.39 is 5.97 Å². The maximum Gasteiger partial charge on any atom is 2.00 e. The van der Waals surface area contributed by atoms with E-state index in [0.717, 1.165) is 12.8 Å². The molecule has 0 unspecified atom stereocenters. The van der Waals surface area contributed by atoms with E-state index in [0.29, 0.717) is 6.42 Å². The van der Waals surface area contributed by atoms with Crippen LogP contribution in [0.2, 0.25) is 0 Å². The van der Waals surface area contributed by atoms with Crippen LogP contribution in [0.1, 0.15) is 113 Å². The second-order valence-corrected chi connectivity index (χ2v) is 6.09. The minimum absolute atomic E-state index is 0. The van der Waals surface area contributed by atoms with Crippen molar-refractivity contribution in [2.75, 3.05) is 0 Å². The van der Waals surface area contributed by atoms with Crippen LogP contribution in [0.25, 0.3) is 0 Å². The first-order valence-corrected chi connectivity index (χ1v) is 8.99. The van der Waals surface area contributed by atoms with E-state index in [9.17, 15) is 4.79 Å². The van der Waals surface area contributed by atoms with Gasteiger partial charge in [0.25, 0.3) is 0 Å². The summed E-state index contributed by atoms with van der Waals surface area (Å²) in [5.41, 5.74) is 0. The normalized spacial score (nSPS) is 9.86. The molecule has 0 heterocycles. The maximum atomic E-state index is 10.3. The van der Waals surface area contributed by atoms with E-state index in [1.54, 1.807) is 0 Å². The summed E-state index contributed by atoms with van der Waals surface area (Å²) in [5.74, 6) is -0.653. The Balaban J connectivity index is -0.000000301. The summed E-state index contributed by atoms with van der Waals surface area (Å²) >= 11 is 0. The molecule has 1 N–H and O–H groups in total. The van der Waals surface area contributed by atoms with Gasteiger partial charge in [0, 0.05) is 6.42 Å². The molecule has 0 saturated heterocycles. The third-order valence-corrected chi connectivity index (χ3v) is 3.99. The molecule has 0 aromatic heterocycles. The average Bonchev–Trinajstić information content (AvgIpc) is 2.43. The summed E-state index contributed by atoms with van der Waals surface area (Å²) in [6.45, 7) is 2.27. The zero-order valence-corrected chi connectivity index (χ0v) is 16.6. The van der Waals surface area contributed by atoms with Gasteiger partial charge in [-0.1, -0.05) is 96.8 Å². The van der Waals surface area contributed by atoms with Crippen LogP contribution in [0.5, 0.6) is 0 Å². The first-order valence-electron chi connectivity index (χ1n) is 8.99. The molecule has 0 saturated carbocycles. The molecule has 0 fully saturated rings. The fraction of sp³-hybridized carbons (Fsp3) is 0.944. The fourth-order valence-corrected chi connectivity index (χ4v) is 2.65. The Labute approximate surface area is 176 Å². The quantitative estimate of drug-likeness (QED) is 0.320. The largest absolute Gasteiger partial charge is 2.00 e. The Morgan fingerprint density at radius 3 is 1.23 bits per heavy atom. The zero-order chi connectivity index (χ0) is 14.9. The summed E-state index contributed by atoms with van der Waals surface area (Å²) in [6.07, 6.45) is 20.2. The van der Waals surface area contributed by atoms with Crippen molar-refractivity contribution in [1.29, 1.82) is 0 Å². The fourth-order valence-electron chi connectivity index (χ4n) is 2.65. The van der Waals surface area contributed by atoms with E-state index in [1.165, 1.54) is 83.5 Å². The van der Waals surface area contributed by atoms with Gasteiger partial charge < -0.3 is 7.96 Å². The standard InChI is InChI=1S/C18H36O2.Ca.H4Si.2H/c1-2-3-4-5-6-7-8-9-10-11-12-13-14-15-16-17-18(19)20;;;;/h2-17H2,1H3,(H,19,20);;1H4;;/q;+2;;2*-1. The number of carbonyl (C=O) groups is 1. The van der Waals surface area contributed by atoms with Crippen LogP contribution in [0.3, 0.4) is 0 Å². The zero-order valence-electron chi connectivity index (χ0n) is 16.4. The van der Waals surface area contributed by atoms with Crippen molar-refractivity contribution in [3.63, 3.8) is 0 Å². The molecule has 4 heteroatoms. The van der Waals surface area contributed by atoms with Gasteiger partial charge in [0.15, 0.2) is 0 Å². The van der Waals surface area contributed by atoms with Gasteiger partial charge in [-0.15, -0.1) is 0 Å². The molecule has 0 rings (SSSR count). The van der Waals surface area contributed by atoms with Crippen LogP contribution in [0, 0.1) is 0 Å². The number of hydrogen-bond donors (Lipinski definition) is 1. The predicted octanol–water partition coefficient (Wildman–Crippen LogP) is 4.73. The molecule has 132 valence electrons. The van der Waals surface area contributed by atoms with Crippen LogP contribution in [0.4, 0.5) is 0 Å². The van der Waals surface area contributed by atoms with E-state index >= 15 is 0 Å². The van der Waals surface area contributed by atoms with Crippen LogP contribution in [-0.4, -0.2) is 59.8 Å². The number of carboxylic acid groups (broad SMARTS) is 1. The SMILES string of the molecule is CCCCCCCCCCCCCCCCCC(=O)O.[Ca+2].[H-].[H-].[SiH4]. The Hall–Kier alpha value is 0.947. The molecule has 0 radical (unpaired) electrons. The number of rotatable bonds is 16. The first kappa shape index (κ1) is 27.8. The van der Waals surface area contributed by atoms with Crippen molar-refractivity contribution in [2.45, 2.75) is 110 Å². The predicted molar refractivity (Wildman–Crippen MR) is 106 cm³/mol. The van der Waals surface area contributed by atoms with Crippen molar-refractivity contribution in [2.24, 2.45) is 0 Å². The van der Waals surface area contributed by atoms with Gasteiger partial charge in [0.1, 0.15) is 0 Å². The molecule has 0 aliphatic heterocycles. The second kappa shape index (κ2) is 24.2. The molecule has 0 amide bonds. The monoisotopic (exact) mass is 358 g/mol. The third-order valence-electron chi connectivity index (χ3n) is 3.99. The summed E-state index contributed by atoms with van der Waals surface area (Å²) in [6, 6.07) is 0. The molecule has 2 nitrogen and oxygen atoms in total. The molecule has 0 bridgehead atoms. The van der Waals surface area contributed by atoms with Crippen LogP contribution < -0.4 is 0 Å². The minimum atomic E-state index is -0.653. The van der Waals surface area contributed by atoms with Crippen LogP contribution in [0.15, 0.2) is 0 Å². The van der Waals surface area contributed by atoms with Gasteiger partial charge in [-0.3, -0.25) is 4.79 Å². The van der Waals surface area contributed by atoms with Crippen molar-refractivity contribution in [1.82, 2.24) is 0 Å². The van der Waals surface area contributed by atoms with Gasteiger partial charge >= 0.3 is 43.7 Å². The molecule has 22 heavy (non-hydrogen) atoms. The summed E-state index contributed by atoms with van der Waals surface area (Å²) < 4.78 is 0. The summed E-state index contributed by atoms with van der Waals surface area (Å²) in [5, 5.41) is 8.52. The molecule has 0 aliphatic carbocycles. The minimum Gasteiger partial charge on any atom is -1.00 e. The summed E-state index contributed by atoms with van der Waals surface area (Å²) in [4.78, 5) is 10.3. The molecule has 0 aromatic carbocycles. The smallest absolute Gasteiger partial charge is 1.00 e. The molecule has 0 atom stereocenters. The molecular formula is C18H42CaO2Si. The van der Waals surface area contributed by atoms with Gasteiger partial charge in [-0.2, -0.15) is 0 Å². The maximum absolute atomic E-state index is 10.3. The molecular weight excluding hydrogens is 316 g/mol. The van der Waals surface area contributed by atoms with Crippen molar-refractivity contribution in [3.8, 4) is 0 Å². The number of unbranched alkanes of at least 4 members (excludes halogenated alkanes) is 14. The Morgan fingerprint density at radius 1 is 0.682 bits per heavy atom. The van der Waals surface area contributed by atoms with Crippen molar-refractivity contribution in [3.05, 3.63) is 0 Å². The second-order valence-electron chi connectivity index (χ2n) is 6.09. The topological polar surface area (TPSA) is 37.3 Å². The van der Waals surface area contributed by atoms with E-state index in [1.807, 2.05) is 0 Å². The van der Waals surface area contributed by atoms with Crippen molar-refractivity contribution >= 4 is 54.7 Å². The first-order chi connectivity index (χ1) is 9.77. The Morgan fingerprint density at radius 2 is 0.955 bits per heavy atom.